The van der Waals surface area contributed by atoms with Crippen LogP contribution in [0.15, 0.2) is 24.3 Å². The number of aromatic nitrogens is 3. The van der Waals surface area contributed by atoms with Crippen LogP contribution in [-0.4, -0.2) is 45.2 Å². The number of rotatable bonds is 4. The average Bonchev–Trinajstić information content (AvgIpc) is 3.29. The summed E-state index contributed by atoms with van der Waals surface area (Å²) in [5.74, 6) is 2.53. The van der Waals surface area contributed by atoms with Gasteiger partial charge in [-0.1, -0.05) is 25.3 Å². The molecule has 1 aromatic carbocycles. The molecule has 2 aliphatic heterocycles. The van der Waals surface area contributed by atoms with Crippen LogP contribution in [0.5, 0.6) is 0 Å². The fourth-order valence-electron chi connectivity index (χ4n) is 5.43. The zero-order chi connectivity index (χ0) is 19.8. The summed E-state index contributed by atoms with van der Waals surface area (Å²) >= 11 is 0. The van der Waals surface area contributed by atoms with E-state index in [1.54, 1.807) is 12.1 Å². The summed E-state index contributed by atoms with van der Waals surface area (Å²) in [6.07, 6.45) is 7.80. The maximum Gasteiger partial charge on any atom is 0.293 e. The van der Waals surface area contributed by atoms with Crippen LogP contribution in [0.2, 0.25) is 0 Å². The quantitative estimate of drug-likeness (QED) is 0.859. The molecule has 3 aliphatic rings. The Morgan fingerprint density at radius 2 is 1.93 bits per heavy atom. The second-order valence-corrected chi connectivity index (χ2v) is 8.96. The number of benzene rings is 1. The number of fused-ring (bicyclic) bond motifs is 2. The topological polar surface area (TPSA) is 63.1 Å². The van der Waals surface area contributed by atoms with Crippen molar-refractivity contribution in [2.24, 2.45) is 17.8 Å². The lowest BCUT2D eigenvalue weighted by Crippen LogP contribution is -2.31. The Morgan fingerprint density at radius 3 is 2.76 bits per heavy atom. The van der Waals surface area contributed by atoms with Gasteiger partial charge < -0.3 is 14.8 Å². The van der Waals surface area contributed by atoms with E-state index in [4.69, 9.17) is 0 Å². The predicted molar refractivity (Wildman–Crippen MR) is 108 cm³/mol. The normalized spacial score (nSPS) is 24.9. The molecule has 5 rings (SSSR count). The zero-order valence-electron chi connectivity index (χ0n) is 16.7. The molecule has 1 saturated carbocycles. The molecule has 0 radical (unpaired) electrons. The highest BCUT2D eigenvalue weighted by Gasteiger charge is 2.39. The highest BCUT2D eigenvalue weighted by molar-refractivity contribution is 6.01. The number of nitrogens with zero attached hydrogens (tertiary/aromatic N) is 4. The Balaban J connectivity index is 1.25. The van der Waals surface area contributed by atoms with Gasteiger partial charge in [0, 0.05) is 38.3 Å². The standard InChI is InChI=1S/C22H28FN5O/c23-18-7-4-8-19(10-18)24-22(29)21-26-25-20-9-16-12-27(13-17(16)14-28(20)21)11-15-5-2-1-3-6-15/h4,7-8,10,15-17H,1-3,5-6,9,11-14H2,(H,24,29)/t16-,17+/m0/s1. The summed E-state index contributed by atoms with van der Waals surface area (Å²) in [5, 5.41) is 11.2. The first kappa shape index (κ1) is 18.7. The second-order valence-electron chi connectivity index (χ2n) is 8.96. The molecule has 2 fully saturated rings. The molecular formula is C22H28FN5O. The third-order valence-electron chi connectivity index (χ3n) is 6.87. The minimum atomic E-state index is -0.377. The number of likely N-dealkylation sites (tertiary alicyclic amines) is 1. The van der Waals surface area contributed by atoms with E-state index in [2.05, 4.69) is 20.4 Å². The highest BCUT2D eigenvalue weighted by atomic mass is 19.1. The van der Waals surface area contributed by atoms with E-state index >= 15 is 0 Å². The highest BCUT2D eigenvalue weighted by Crippen LogP contribution is 2.34. The van der Waals surface area contributed by atoms with Gasteiger partial charge in [0.15, 0.2) is 0 Å². The molecule has 1 N–H and O–H groups in total. The minimum absolute atomic E-state index is 0.327. The lowest BCUT2D eigenvalue weighted by atomic mass is 9.89. The van der Waals surface area contributed by atoms with Crippen LogP contribution in [0, 0.1) is 23.6 Å². The van der Waals surface area contributed by atoms with Crippen molar-refractivity contribution >= 4 is 11.6 Å². The molecule has 0 spiro atoms. The van der Waals surface area contributed by atoms with Crippen molar-refractivity contribution in [1.29, 1.82) is 0 Å². The van der Waals surface area contributed by atoms with Gasteiger partial charge in [-0.3, -0.25) is 4.79 Å². The third kappa shape index (κ3) is 3.92. The van der Waals surface area contributed by atoms with Crippen LogP contribution in [0.3, 0.4) is 0 Å². The van der Waals surface area contributed by atoms with Crippen molar-refractivity contribution in [3.05, 3.63) is 41.7 Å². The SMILES string of the molecule is O=C(Nc1cccc(F)c1)c1nnc2n1C[C@H]1CN(CC3CCCCC3)C[C@@H]1C2. The second kappa shape index (κ2) is 7.86. The van der Waals surface area contributed by atoms with Crippen molar-refractivity contribution in [2.75, 3.05) is 25.0 Å². The van der Waals surface area contributed by atoms with Crippen LogP contribution < -0.4 is 5.32 Å². The number of nitrogens with one attached hydrogen (secondary N) is 1. The number of hydrogen-bond acceptors (Lipinski definition) is 4. The Bertz CT molecular complexity index is 891. The Kier molecular flexibility index (Phi) is 5.08. The molecule has 1 saturated heterocycles. The molecule has 2 aromatic rings. The largest absolute Gasteiger partial charge is 0.319 e. The summed E-state index contributed by atoms with van der Waals surface area (Å²) < 4.78 is 15.4. The Labute approximate surface area is 170 Å². The van der Waals surface area contributed by atoms with Crippen molar-refractivity contribution in [1.82, 2.24) is 19.7 Å². The average molecular weight is 397 g/mol. The van der Waals surface area contributed by atoms with Gasteiger partial charge in [-0.15, -0.1) is 10.2 Å². The van der Waals surface area contributed by atoms with E-state index in [1.807, 2.05) is 4.57 Å². The van der Waals surface area contributed by atoms with Crippen LogP contribution in [-0.2, 0) is 13.0 Å². The molecule has 0 bridgehead atoms. The van der Waals surface area contributed by atoms with Gasteiger partial charge in [-0.2, -0.15) is 0 Å². The van der Waals surface area contributed by atoms with Crippen molar-refractivity contribution < 1.29 is 9.18 Å². The molecule has 1 aliphatic carbocycles. The molecule has 6 nitrogen and oxygen atoms in total. The van der Waals surface area contributed by atoms with Gasteiger partial charge in [-0.05, 0) is 48.8 Å². The number of amides is 1. The summed E-state index contributed by atoms with van der Waals surface area (Å²) in [6.45, 7) is 4.25. The number of carbonyl (C=O) groups excluding carboxylic acids is 1. The molecule has 2 atom stereocenters. The van der Waals surface area contributed by atoms with Gasteiger partial charge in [-0.25, -0.2) is 4.39 Å². The summed E-state index contributed by atoms with van der Waals surface area (Å²) in [6, 6.07) is 5.91. The lowest BCUT2D eigenvalue weighted by Gasteiger charge is -2.26. The minimum Gasteiger partial charge on any atom is -0.319 e. The smallest absolute Gasteiger partial charge is 0.293 e. The van der Waals surface area contributed by atoms with Crippen LogP contribution in [0.4, 0.5) is 10.1 Å². The first-order chi connectivity index (χ1) is 14.2. The van der Waals surface area contributed by atoms with E-state index < -0.39 is 0 Å². The molecule has 3 heterocycles. The van der Waals surface area contributed by atoms with Crippen LogP contribution in [0.25, 0.3) is 0 Å². The molecule has 0 unspecified atom stereocenters. The Hall–Kier alpha value is -2.28. The van der Waals surface area contributed by atoms with Gasteiger partial charge in [0.1, 0.15) is 11.6 Å². The number of hydrogen-bond donors (Lipinski definition) is 1. The summed E-state index contributed by atoms with van der Waals surface area (Å²) in [5.41, 5.74) is 0.431. The van der Waals surface area contributed by atoms with E-state index in [1.165, 1.54) is 50.8 Å². The van der Waals surface area contributed by atoms with Crippen LogP contribution >= 0.6 is 0 Å². The number of carbonyl (C=O) groups is 1. The number of halogens is 1. The van der Waals surface area contributed by atoms with Crippen LogP contribution in [0.1, 0.15) is 48.5 Å². The van der Waals surface area contributed by atoms with Gasteiger partial charge in [0.2, 0.25) is 5.82 Å². The molecule has 29 heavy (non-hydrogen) atoms. The number of anilines is 1. The van der Waals surface area contributed by atoms with E-state index in [-0.39, 0.29) is 11.7 Å². The molecule has 154 valence electrons. The van der Waals surface area contributed by atoms with Crippen molar-refractivity contribution in [2.45, 2.75) is 45.1 Å². The molecular weight excluding hydrogens is 369 g/mol. The fraction of sp³-hybridized carbons (Fsp3) is 0.591. The summed E-state index contributed by atoms with van der Waals surface area (Å²) in [4.78, 5) is 15.3. The van der Waals surface area contributed by atoms with Gasteiger partial charge >= 0.3 is 0 Å². The molecule has 1 amide bonds. The maximum absolute atomic E-state index is 13.4. The molecule has 1 aromatic heterocycles. The zero-order valence-corrected chi connectivity index (χ0v) is 16.7. The van der Waals surface area contributed by atoms with Gasteiger partial charge in [0.25, 0.3) is 5.91 Å². The maximum atomic E-state index is 13.4. The van der Waals surface area contributed by atoms with E-state index in [0.29, 0.717) is 23.3 Å². The van der Waals surface area contributed by atoms with Crippen molar-refractivity contribution in [3.8, 4) is 0 Å². The first-order valence-electron chi connectivity index (χ1n) is 10.9. The van der Waals surface area contributed by atoms with E-state index in [9.17, 15) is 9.18 Å². The monoisotopic (exact) mass is 397 g/mol. The fourth-order valence-corrected chi connectivity index (χ4v) is 5.43. The third-order valence-corrected chi connectivity index (χ3v) is 6.87. The first-order valence-corrected chi connectivity index (χ1v) is 10.9. The predicted octanol–water partition coefficient (Wildman–Crippen LogP) is 3.35. The lowest BCUT2D eigenvalue weighted by molar-refractivity contribution is 0.100. The van der Waals surface area contributed by atoms with Gasteiger partial charge in [0.05, 0.1) is 0 Å². The Morgan fingerprint density at radius 1 is 1.10 bits per heavy atom. The van der Waals surface area contributed by atoms with Crippen molar-refractivity contribution in [3.63, 3.8) is 0 Å². The van der Waals surface area contributed by atoms with E-state index in [0.717, 1.165) is 37.8 Å². The summed E-state index contributed by atoms with van der Waals surface area (Å²) in [7, 11) is 0. The molecule has 7 heteroatoms.